The summed E-state index contributed by atoms with van der Waals surface area (Å²) in [4.78, 5) is 28.7. The third-order valence-electron chi connectivity index (χ3n) is 7.73. The molecule has 0 radical (unpaired) electrons. The number of fused-ring (bicyclic) bond motifs is 3. The van der Waals surface area contributed by atoms with Crippen molar-refractivity contribution in [2.75, 3.05) is 39.3 Å². The highest BCUT2D eigenvalue weighted by atomic mass is 16.5. The first-order chi connectivity index (χ1) is 15.6. The molecule has 5 heteroatoms. The quantitative estimate of drug-likeness (QED) is 0.378. The van der Waals surface area contributed by atoms with E-state index < -0.39 is 0 Å². The van der Waals surface area contributed by atoms with Gasteiger partial charge in [0.1, 0.15) is 19.1 Å². The van der Waals surface area contributed by atoms with E-state index in [2.05, 4.69) is 4.90 Å². The van der Waals surface area contributed by atoms with Crippen LogP contribution in [0.15, 0.2) is 60.7 Å². The van der Waals surface area contributed by atoms with Gasteiger partial charge in [-0.3, -0.25) is 9.69 Å². The van der Waals surface area contributed by atoms with Crippen molar-refractivity contribution in [3.05, 3.63) is 71.8 Å². The second-order valence-corrected chi connectivity index (χ2v) is 9.79. The topological polar surface area (TPSA) is 46.6 Å². The summed E-state index contributed by atoms with van der Waals surface area (Å²) in [5.41, 5.74) is 1.79. The highest BCUT2D eigenvalue weighted by Gasteiger charge is 2.49. The number of hydrogen-bond acceptors (Lipinski definition) is 4. The molecule has 168 valence electrons. The molecule has 2 aromatic rings. The number of ether oxygens (including phenoxy) is 1. The van der Waals surface area contributed by atoms with Gasteiger partial charge in [-0.05, 0) is 31.5 Å². The zero-order chi connectivity index (χ0) is 22.0. The number of nitrogens with zero attached hydrogens (tertiary/aromatic N) is 2. The van der Waals surface area contributed by atoms with E-state index in [4.69, 9.17) is 4.74 Å². The minimum atomic E-state index is -0.325. The number of Topliss-reactive ketones (excluding diaryl/α,β-unsaturated/α-hetero) is 1. The number of carbonyl (C=O) groups is 2. The third-order valence-corrected chi connectivity index (χ3v) is 7.73. The van der Waals surface area contributed by atoms with Crippen LogP contribution in [0.1, 0.15) is 47.6 Å². The Labute approximate surface area is 190 Å². The van der Waals surface area contributed by atoms with Crippen molar-refractivity contribution in [3.8, 4) is 0 Å². The van der Waals surface area contributed by atoms with Crippen LogP contribution < -0.4 is 0 Å². The predicted octanol–water partition coefficient (Wildman–Crippen LogP) is 3.86. The Balaban J connectivity index is 1.30. The van der Waals surface area contributed by atoms with Crippen LogP contribution in [0, 0.1) is 5.92 Å². The first kappa shape index (κ1) is 21.4. The van der Waals surface area contributed by atoms with E-state index in [0.717, 1.165) is 74.0 Å². The van der Waals surface area contributed by atoms with Gasteiger partial charge in [-0.25, -0.2) is 4.79 Å². The molecule has 32 heavy (non-hydrogen) atoms. The fraction of sp³-hybridized carbons (Fsp3) is 0.481. The van der Waals surface area contributed by atoms with E-state index in [1.54, 1.807) is 0 Å². The molecule has 2 atom stereocenters. The minimum absolute atomic E-state index is 0.0950. The highest BCUT2D eigenvalue weighted by Crippen LogP contribution is 2.37. The Morgan fingerprint density at radius 2 is 1.56 bits per heavy atom. The Kier molecular flexibility index (Phi) is 6.11. The Morgan fingerprint density at radius 1 is 0.938 bits per heavy atom. The van der Waals surface area contributed by atoms with Crippen molar-refractivity contribution in [1.29, 1.82) is 0 Å². The molecule has 0 unspecified atom stereocenters. The van der Waals surface area contributed by atoms with Gasteiger partial charge < -0.3 is 9.22 Å². The normalized spacial score (nSPS) is 28.4. The maximum Gasteiger partial charge on any atom is 0.328 e. The van der Waals surface area contributed by atoms with Gasteiger partial charge in [-0.2, -0.15) is 0 Å². The zero-order valence-electron chi connectivity index (χ0n) is 18.7. The summed E-state index contributed by atoms with van der Waals surface area (Å²) in [6.07, 6.45) is 4.22. The number of rotatable bonds is 7. The van der Waals surface area contributed by atoms with Crippen LogP contribution in [-0.2, 0) is 9.53 Å². The fourth-order valence-electron chi connectivity index (χ4n) is 5.94. The van der Waals surface area contributed by atoms with Crippen LogP contribution in [-0.4, -0.2) is 66.5 Å². The number of carbonyl (C=O) groups excluding carboxylic acids is 2. The van der Waals surface area contributed by atoms with Crippen molar-refractivity contribution >= 4 is 11.8 Å². The molecule has 0 saturated carbocycles. The molecule has 0 spiro atoms. The number of quaternary nitrogens is 1. The Morgan fingerprint density at radius 3 is 2.22 bits per heavy atom. The summed E-state index contributed by atoms with van der Waals surface area (Å²) in [6, 6.07) is 19.3. The summed E-state index contributed by atoms with van der Waals surface area (Å²) in [5, 5.41) is 0. The highest BCUT2D eigenvalue weighted by molar-refractivity contribution is 5.96. The first-order valence-corrected chi connectivity index (χ1v) is 12.1. The van der Waals surface area contributed by atoms with E-state index in [1.807, 2.05) is 60.7 Å². The van der Waals surface area contributed by atoms with Crippen molar-refractivity contribution in [1.82, 2.24) is 4.90 Å². The van der Waals surface area contributed by atoms with Gasteiger partial charge in [0, 0.05) is 24.3 Å². The number of ketones is 1. The number of esters is 1. The molecule has 0 aliphatic carbocycles. The molecule has 2 aromatic carbocycles. The summed E-state index contributed by atoms with van der Waals surface area (Å²) in [6.45, 7) is 5.15. The Hall–Kier alpha value is -2.50. The van der Waals surface area contributed by atoms with E-state index in [9.17, 15) is 9.59 Å². The lowest BCUT2D eigenvalue weighted by Gasteiger charge is -2.51. The fourth-order valence-corrected chi connectivity index (χ4v) is 5.94. The van der Waals surface area contributed by atoms with Gasteiger partial charge in [0.2, 0.25) is 5.78 Å². The van der Waals surface area contributed by atoms with Crippen LogP contribution in [0.5, 0.6) is 0 Å². The number of piperidine rings is 3. The SMILES string of the molecule is O=C(C[N+]12CCC(CC1)[C@@H](OC(=O)[C@H](c1ccccc1)N1CCCC1)C2)c1ccccc1. The number of hydrogen-bond donors (Lipinski definition) is 0. The zero-order valence-corrected chi connectivity index (χ0v) is 18.7. The largest absolute Gasteiger partial charge is 0.455 e. The van der Waals surface area contributed by atoms with Crippen LogP contribution in [0.3, 0.4) is 0 Å². The summed E-state index contributed by atoms with van der Waals surface area (Å²) < 4.78 is 7.01. The summed E-state index contributed by atoms with van der Waals surface area (Å²) >= 11 is 0. The standard InChI is InChI=1S/C27H33N2O3/c30-24(21-9-3-1-4-10-21)19-29-17-13-22(14-18-29)25(20-29)32-27(31)26(28-15-7-8-16-28)23-11-5-2-6-12-23/h1-6,9-12,22,25-26H,7-8,13-20H2/q+1/t22?,25-,26-,29?/m0/s1. The lowest BCUT2D eigenvalue weighted by Crippen LogP contribution is -2.65. The number of benzene rings is 2. The second kappa shape index (κ2) is 9.16. The molecule has 6 rings (SSSR count). The maximum atomic E-state index is 13.5. The van der Waals surface area contributed by atoms with Crippen LogP contribution in [0.2, 0.25) is 0 Å². The summed E-state index contributed by atoms with van der Waals surface area (Å²) in [5.74, 6) is 0.486. The minimum Gasteiger partial charge on any atom is -0.455 e. The van der Waals surface area contributed by atoms with Crippen LogP contribution in [0.4, 0.5) is 0 Å². The van der Waals surface area contributed by atoms with Crippen molar-refractivity contribution < 1.29 is 18.8 Å². The molecular weight excluding hydrogens is 400 g/mol. The monoisotopic (exact) mass is 433 g/mol. The van der Waals surface area contributed by atoms with Crippen LogP contribution >= 0.6 is 0 Å². The maximum absolute atomic E-state index is 13.5. The molecule has 0 N–H and O–H groups in total. The van der Waals surface area contributed by atoms with Gasteiger partial charge >= 0.3 is 5.97 Å². The molecule has 4 heterocycles. The molecule has 0 amide bonds. The molecule has 4 aliphatic rings. The smallest absolute Gasteiger partial charge is 0.328 e. The lowest BCUT2D eigenvalue weighted by molar-refractivity contribution is -0.938. The van der Waals surface area contributed by atoms with Gasteiger partial charge in [0.15, 0.2) is 6.10 Å². The van der Waals surface area contributed by atoms with E-state index in [1.165, 1.54) is 0 Å². The number of likely N-dealkylation sites (tertiary alicyclic amines) is 1. The molecule has 0 aromatic heterocycles. The van der Waals surface area contributed by atoms with E-state index >= 15 is 0 Å². The average molecular weight is 434 g/mol. The first-order valence-electron chi connectivity index (χ1n) is 12.1. The molecule has 5 nitrogen and oxygen atoms in total. The predicted molar refractivity (Wildman–Crippen MR) is 123 cm³/mol. The molecular formula is C27H33N2O3+. The van der Waals surface area contributed by atoms with Gasteiger partial charge in [-0.1, -0.05) is 60.7 Å². The lowest BCUT2D eigenvalue weighted by atomic mass is 9.82. The van der Waals surface area contributed by atoms with Gasteiger partial charge in [0.25, 0.3) is 0 Å². The second-order valence-electron chi connectivity index (χ2n) is 9.79. The van der Waals surface area contributed by atoms with E-state index in [0.29, 0.717) is 12.5 Å². The van der Waals surface area contributed by atoms with Crippen LogP contribution in [0.25, 0.3) is 0 Å². The molecule has 4 saturated heterocycles. The average Bonchev–Trinajstić information content (AvgIpc) is 3.35. The molecule has 4 fully saturated rings. The van der Waals surface area contributed by atoms with Crippen molar-refractivity contribution in [3.63, 3.8) is 0 Å². The van der Waals surface area contributed by atoms with Gasteiger partial charge in [0.05, 0.1) is 13.1 Å². The van der Waals surface area contributed by atoms with Crippen molar-refractivity contribution in [2.45, 2.75) is 37.8 Å². The van der Waals surface area contributed by atoms with Crippen molar-refractivity contribution in [2.24, 2.45) is 5.92 Å². The molecule has 4 aliphatic heterocycles. The molecule has 2 bridgehead atoms. The van der Waals surface area contributed by atoms with E-state index in [-0.39, 0.29) is 23.9 Å². The van der Waals surface area contributed by atoms with Gasteiger partial charge in [-0.15, -0.1) is 0 Å². The third kappa shape index (κ3) is 4.37. The Bertz CT molecular complexity index is 932. The summed E-state index contributed by atoms with van der Waals surface area (Å²) in [7, 11) is 0.